The summed E-state index contributed by atoms with van der Waals surface area (Å²) >= 11 is 0. The number of nitrogens with zero attached hydrogens (tertiary/aromatic N) is 3. The van der Waals surface area contributed by atoms with E-state index < -0.39 is 0 Å². The van der Waals surface area contributed by atoms with E-state index >= 15 is 0 Å². The van der Waals surface area contributed by atoms with Gasteiger partial charge < -0.3 is 4.98 Å². The quantitative estimate of drug-likeness (QED) is 0.773. The molecule has 0 bridgehead atoms. The standard InChI is InChI=1S/C15H14N4O/c1-10-3-5-11(6-4-10)13-7-14(20)18-15(17-13)12-8-16-19(2)9-12/h3-9H,1-2H3,(H,17,18,20). The van der Waals surface area contributed by atoms with Gasteiger partial charge in [0.25, 0.3) is 5.56 Å². The molecule has 5 nitrogen and oxygen atoms in total. The van der Waals surface area contributed by atoms with Crippen molar-refractivity contribution in [3.8, 4) is 22.6 Å². The molecule has 0 aliphatic rings. The number of H-pyrrole nitrogens is 1. The summed E-state index contributed by atoms with van der Waals surface area (Å²) < 4.78 is 1.67. The molecule has 1 N–H and O–H groups in total. The highest BCUT2D eigenvalue weighted by molar-refractivity contribution is 5.62. The molecule has 3 aromatic rings. The van der Waals surface area contributed by atoms with Crippen LogP contribution in [0.25, 0.3) is 22.6 Å². The minimum Gasteiger partial charge on any atom is -0.306 e. The van der Waals surface area contributed by atoms with Crippen molar-refractivity contribution in [3.63, 3.8) is 0 Å². The molecule has 0 atom stereocenters. The van der Waals surface area contributed by atoms with Gasteiger partial charge in [-0.1, -0.05) is 29.8 Å². The monoisotopic (exact) mass is 266 g/mol. The first kappa shape index (κ1) is 12.3. The highest BCUT2D eigenvalue weighted by Crippen LogP contribution is 2.19. The Bertz CT molecular complexity index is 799. The van der Waals surface area contributed by atoms with E-state index in [2.05, 4.69) is 15.1 Å². The molecule has 0 radical (unpaired) electrons. The second-order valence-corrected chi connectivity index (χ2v) is 4.75. The van der Waals surface area contributed by atoms with Crippen LogP contribution in [-0.4, -0.2) is 19.7 Å². The number of aromatic nitrogens is 4. The molecular formula is C15H14N4O. The smallest absolute Gasteiger partial charge is 0.251 e. The third-order valence-electron chi connectivity index (χ3n) is 3.07. The van der Waals surface area contributed by atoms with E-state index in [1.165, 1.54) is 11.6 Å². The molecule has 0 saturated carbocycles. The van der Waals surface area contributed by atoms with E-state index in [9.17, 15) is 4.79 Å². The maximum Gasteiger partial charge on any atom is 0.251 e. The Balaban J connectivity index is 2.11. The Morgan fingerprint density at radius 3 is 2.55 bits per heavy atom. The van der Waals surface area contributed by atoms with Crippen molar-refractivity contribution < 1.29 is 0 Å². The van der Waals surface area contributed by atoms with Gasteiger partial charge in [-0.2, -0.15) is 5.10 Å². The van der Waals surface area contributed by atoms with Gasteiger partial charge in [0, 0.05) is 24.9 Å². The number of aromatic amines is 1. The molecule has 0 saturated heterocycles. The number of hydrogen-bond donors (Lipinski definition) is 1. The summed E-state index contributed by atoms with van der Waals surface area (Å²) in [6, 6.07) is 9.43. The normalized spacial score (nSPS) is 10.7. The maximum absolute atomic E-state index is 11.8. The molecule has 0 aliphatic carbocycles. The summed E-state index contributed by atoms with van der Waals surface area (Å²) in [5.41, 5.74) is 3.37. The fraction of sp³-hybridized carbons (Fsp3) is 0.133. The Kier molecular flexibility index (Phi) is 2.95. The van der Waals surface area contributed by atoms with Crippen LogP contribution in [-0.2, 0) is 7.05 Å². The Morgan fingerprint density at radius 1 is 1.15 bits per heavy atom. The second kappa shape index (κ2) is 4.77. The van der Waals surface area contributed by atoms with E-state index in [0.29, 0.717) is 11.5 Å². The van der Waals surface area contributed by atoms with Crippen LogP contribution < -0.4 is 5.56 Å². The molecule has 5 heteroatoms. The predicted molar refractivity (Wildman–Crippen MR) is 77.2 cm³/mol. The highest BCUT2D eigenvalue weighted by Gasteiger charge is 2.07. The molecular weight excluding hydrogens is 252 g/mol. The van der Waals surface area contributed by atoms with Gasteiger partial charge in [0.2, 0.25) is 0 Å². The summed E-state index contributed by atoms with van der Waals surface area (Å²) in [6.45, 7) is 2.02. The van der Waals surface area contributed by atoms with Crippen LogP contribution in [0.4, 0.5) is 0 Å². The molecule has 0 unspecified atom stereocenters. The minimum absolute atomic E-state index is 0.172. The average Bonchev–Trinajstić information content (AvgIpc) is 2.85. The Morgan fingerprint density at radius 2 is 1.90 bits per heavy atom. The summed E-state index contributed by atoms with van der Waals surface area (Å²) in [6.07, 6.45) is 3.49. The lowest BCUT2D eigenvalue weighted by atomic mass is 10.1. The van der Waals surface area contributed by atoms with E-state index in [1.807, 2.05) is 44.4 Å². The third kappa shape index (κ3) is 2.38. The van der Waals surface area contributed by atoms with Crippen molar-refractivity contribution in [3.05, 3.63) is 58.6 Å². The number of benzene rings is 1. The van der Waals surface area contributed by atoms with Gasteiger partial charge in [-0.15, -0.1) is 0 Å². The Hall–Kier alpha value is -2.69. The first-order chi connectivity index (χ1) is 9.61. The lowest BCUT2D eigenvalue weighted by molar-refractivity contribution is 0.768. The van der Waals surface area contributed by atoms with Gasteiger partial charge in [-0.05, 0) is 6.92 Å². The first-order valence-electron chi connectivity index (χ1n) is 6.29. The number of rotatable bonds is 2. The van der Waals surface area contributed by atoms with Crippen molar-refractivity contribution in [2.45, 2.75) is 6.92 Å². The minimum atomic E-state index is -0.172. The second-order valence-electron chi connectivity index (χ2n) is 4.75. The van der Waals surface area contributed by atoms with E-state index in [0.717, 1.165) is 11.1 Å². The lowest BCUT2D eigenvalue weighted by Crippen LogP contribution is -2.08. The van der Waals surface area contributed by atoms with Crippen LogP contribution in [0.1, 0.15) is 5.56 Å². The molecule has 0 amide bonds. The van der Waals surface area contributed by atoms with Gasteiger partial charge in [0.05, 0.1) is 17.5 Å². The molecule has 0 aliphatic heterocycles. The van der Waals surface area contributed by atoms with Crippen molar-refractivity contribution in [2.24, 2.45) is 7.05 Å². The summed E-state index contributed by atoms with van der Waals surface area (Å²) in [5.74, 6) is 0.529. The zero-order valence-corrected chi connectivity index (χ0v) is 11.3. The zero-order valence-electron chi connectivity index (χ0n) is 11.3. The maximum atomic E-state index is 11.8. The van der Waals surface area contributed by atoms with Gasteiger partial charge in [-0.25, -0.2) is 4.98 Å². The molecule has 20 heavy (non-hydrogen) atoms. The van der Waals surface area contributed by atoms with Gasteiger partial charge in [-0.3, -0.25) is 9.48 Å². The van der Waals surface area contributed by atoms with Crippen LogP contribution in [0, 0.1) is 6.92 Å². The predicted octanol–water partition coefficient (Wildman–Crippen LogP) is 2.15. The third-order valence-corrected chi connectivity index (χ3v) is 3.07. The van der Waals surface area contributed by atoms with Gasteiger partial charge in [0.1, 0.15) is 5.82 Å². The fourth-order valence-electron chi connectivity index (χ4n) is 2.01. The molecule has 100 valence electrons. The summed E-state index contributed by atoms with van der Waals surface area (Å²) in [7, 11) is 1.82. The SMILES string of the molecule is Cc1ccc(-c2cc(=O)[nH]c(-c3cnn(C)c3)n2)cc1. The van der Waals surface area contributed by atoms with Crippen molar-refractivity contribution in [1.29, 1.82) is 0 Å². The fourth-order valence-corrected chi connectivity index (χ4v) is 2.01. The first-order valence-corrected chi connectivity index (χ1v) is 6.29. The van der Waals surface area contributed by atoms with E-state index in [1.54, 1.807) is 10.9 Å². The topological polar surface area (TPSA) is 63.6 Å². The van der Waals surface area contributed by atoms with Crippen LogP contribution >= 0.6 is 0 Å². The largest absolute Gasteiger partial charge is 0.306 e. The van der Waals surface area contributed by atoms with E-state index in [4.69, 9.17) is 0 Å². The zero-order chi connectivity index (χ0) is 14.1. The molecule has 1 aromatic carbocycles. The number of hydrogen-bond acceptors (Lipinski definition) is 3. The molecule has 2 heterocycles. The van der Waals surface area contributed by atoms with Crippen molar-refractivity contribution in [1.82, 2.24) is 19.7 Å². The van der Waals surface area contributed by atoms with Gasteiger partial charge >= 0.3 is 0 Å². The summed E-state index contributed by atoms with van der Waals surface area (Å²) in [4.78, 5) is 19.1. The van der Waals surface area contributed by atoms with Gasteiger partial charge in [0.15, 0.2) is 0 Å². The Labute approximate surface area is 115 Å². The van der Waals surface area contributed by atoms with Crippen LogP contribution in [0.15, 0.2) is 47.5 Å². The average molecular weight is 266 g/mol. The van der Waals surface area contributed by atoms with Crippen LogP contribution in [0.3, 0.4) is 0 Å². The number of aryl methyl sites for hydroxylation is 2. The van der Waals surface area contributed by atoms with Crippen molar-refractivity contribution >= 4 is 0 Å². The molecule has 3 rings (SSSR count). The molecule has 0 spiro atoms. The van der Waals surface area contributed by atoms with Crippen LogP contribution in [0.2, 0.25) is 0 Å². The molecule has 0 fully saturated rings. The number of nitrogens with one attached hydrogen (secondary N) is 1. The molecule has 2 aromatic heterocycles. The lowest BCUT2D eigenvalue weighted by Gasteiger charge is -2.03. The highest BCUT2D eigenvalue weighted by atomic mass is 16.1. The van der Waals surface area contributed by atoms with E-state index in [-0.39, 0.29) is 5.56 Å². The summed E-state index contributed by atoms with van der Waals surface area (Å²) in [5, 5.41) is 4.09. The van der Waals surface area contributed by atoms with Crippen molar-refractivity contribution in [2.75, 3.05) is 0 Å². The van der Waals surface area contributed by atoms with Crippen LogP contribution in [0.5, 0.6) is 0 Å².